The molecule has 5 nitrogen and oxygen atoms in total. The monoisotopic (exact) mass is 223 g/mol. The van der Waals surface area contributed by atoms with Crippen molar-refractivity contribution in [1.82, 2.24) is 25.2 Å². The van der Waals surface area contributed by atoms with Gasteiger partial charge < -0.3 is 5.32 Å². The Bertz CT molecular complexity index is 357. The Hall–Kier alpha value is -0.940. The van der Waals surface area contributed by atoms with Gasteiger partial charge in [-0.1, -0.05) is 5.21 Å². The van der Waals surface area contributed by atoms with Gasteiger partial charge in [-0.15, -0.1) is 5.10 Å². The zero-order chi connectivity index (χ0) is 11.8. The fourth-order valence-electron chi connectivity index (χ4n) is 2.16. The number of nitrogens with zero attached hydrogens (tertiary/aromatic N) is 4. The first-order valence-electron chi connectivity index (χ1n) is 5.80. The normalized spacial score (nSPS) is 25.9. The summed E-state index contributed by atoms with van der Waals surface area (Å²) in [6.07, 6.45) is 1.99. The van der Waals surface area contributed by atoms with E-state index in [-0.39, 0.29) is 5.54 Å². The van der Waals surface area contributed by atoms with Gasteiger partial charge in [-0.25, -0.2) is 0 Å². The number of aromatic nitrogens is 3. The molecule has 0 radical (unpaired) electrons. The van der Waals surface area contributed by atoms with Crippen molar-refractivity contribution >= 4 is 0 Å². The van der Waals surface area contributed by atoms with Gasteiger partial charge in [0, 0.05) is 44.5 Å². The highest BCUT2D eigenvalue weighted by Gasteiger charge is 2.30. The lowest BCUT2D eigenvalue weighted by molar-refractivity contribution is 0.0965. The van der Waals surface area contributed by atoms with E-state index in [2.05, 4.69) is 41.3 Å². The van der Waals surface area contributed by atoms with Crippen LogP contribution in [0, 0.1) is 0 Å². The van der Waals surface area contributed by atoms with E-state index in [1.165, 1.54) is 0 Å². The van der Waals surface area contributed by atoms with Crippen molar-refractivity contribution in [2.75, 3.05) is 13.1 Å². The molecule has 0 saturated carbocycles. The quantitative estimate of drug-likeness (QED) is 0.788. The number of rotatable bonds is 2. The van der Waals surface area contributed by atoms with E-state index in [9.17, 15) is 0 Å². The molecule has 90 valence electrons. The summed E-state index contributed by atoms with van der Waals surface area (Å²) in [6, 6.07) is 0.551. The van der Waals surface area contributed by atoms with Gasteiger partial charge in [-0.3, -0.25) is 9.58 Å². The Labute approximate surface area is 96.8 Å². The molecular formula is C11H21N5. The molecule has 5 heteroatoms. The molecule has 1 unspecified atom stereocenters. The largest absolute Gasteiger partial charge is 0.309 e. The lowest BCUT2D eigenvalue weighted by Crippen LogP contribution is -2.60. The summed E-state index contributed by atoms with van der Waals surface area (Å²) >= 11 is 0. The Morgan fingerprint density at radius 3 is 2.94 bits per heavy atom. The van der Waals surface area contributed by atoms with E-state index in [1.807, 2.05) is 13.2 Å². The Morgan fingerprint density at radius 1 is 1.56 bits per heavy atom. The minimum Gasteiger partial charge on any atom is -0.309 e. The van der Waals surface area contributed by atoms with E-state index in [0.29, 0.717) is 6.04 Å². The molecule has 1 saturated heterocycles. The molecule has 1 aromatic rings. The second-order valence-electron chi connectivity index (χ2n) is 5.40. The first-order chi connectivity index (χ1) is 7.46. The SMILES string of the molecule is CC1CNC(C)(C)CN1Cc1cn(C)nn1. The number of hydrogen-bond donors (Lipinski definition) is 1. The highest BCUT2D eigenvalue weighted by Crippen LogP contribution is 2.16. The highest BCUT2D eigenvalue weighted by molar-refractivity contribution is 4.97. The van der Waals surface area contributed by atoms with Crippen LogP contribution in [-0.2, 0) is 13.6 Å². The van der Waals surface area contributed by atoms with Crippen molar-refractivity contribution in [3.63, 3.8) is 0 Å². The standard InChI is InChI=1S/C11H21N5/c1-9-5-12-11(2,3)8-16(9)7-10-6-15(4)14-13-10/h6,9,12H,5,7-8H2,1-4H3. The number of aryl methyl sites for hydroxylation is 1. The predicted molar refractivity (Wildman–Crippen MR) is 63.0 cm³/mol. The van der Waals surface area contributed by atoms with Crippen LogP contribution in [0.15, 0.2) is 6.20 Å². The summed E-state index contributed by atoms with van der Waals surface area (Å²) in [7, 11) is 1.90. The second kappa shape index (κ2) is 4.14. The number of piperazine rings is 1. The van der Waals surface area contributed by atoms with Crippen molar-refractivity contribution in [1.29, 1.82) is 0 Å². The molecule has 2 rings (SSSR count). The summed E-state index contributed by atoms with van der Waals surface area (Å²) in [4.78, 5) is 2.46. The first kappa shape index (κ1) is 11.5. The zero-order valence-corrected chi connectivity index (χ0v) is 10.6. The molecule has 1 atom stereocenters. The van der Waals surface area contributed by atoms with Crippen LogP contribution in [0.4, 0.5) is 0 Å². The van der Waals surface area contributed by atoms with Crippen LogP contribution < -0.4 is 5.32 Å². The molecule has 0 bridgehead atoms. The van der Waals surface area contributed by atoms with E-state index >= 15 is 0 Å². The second-order valence-corrected chi connectivity index (χ2v) is 5.40. The van der Waals surface area contributed by atoms with Gasteiger partial charge in [0.15, 0.2) is 0 Å². The molecule has 1 aliphatic rings. The Morgan fingerprint density at radius 2 is 2.31 bits per heavy atom. The fourth-order valence-corrected chi connectivity index (χ4v) is 2.16. The average Bonchev–Trinajstić information content (AvgIpc) is 2.58. The highest BCUT2D eigenvalue weighted by atomic mass is 15.4. The molecule has 0 aromatic carbocycles. The van der Waals surface area contributed by atoms with Crippen molar-refractivity contribution in [2.45, 2.75) is 38.9 Å². The third-order valence-corrected chi connectivity index (χ3v) is 3.11. The zero-order valence-electron chi connectivity index (χ0n) is 10.6. The molecule has 1 N–H and O–H groups in total. The summed E-state index contributed by atoms with van der Waals surface area (Å²) in [5.74, 6) is 0. The topological polar surface area (TPSA) is 46.0 Å². The van der Waals surface area contributed by atoms with Gasteiger partial charge in [-0.2, -0.15) is 0 Å². The molecule has 0 spiro atoms. The van der Waals surface area contributed by atoms with Crippen molar-refractivity contribution in [3.05, 3.63) is 11.9 Å². The third kappa shape index (κ3) is 2.59. The van der Waals surface area contributed by atoms with Crippen LogP contribution in [0.2, 0.25) is 0 Å². The summed E-state index contributed by atoms with van der Waals surface area (Å²) < 4.78 is 1.76. The summed E-state index contributed by atoms with van der Waals surface area (Å²) in [6.45, 7) is 9.70. The Kier molecular flexibility index (Phi) is 2.99. The van der Waals surface area contributed by atoms with Crippen molar-refractivity contribution < 1.29 is 0 Å². The number of hydrogen-bond acceptors (Lipinski definition) is 4. The van der Waals surface area contributed by atoms with Gasteiger partial charge in [0.05, 0.1) is 5.69 Å². The van der Waals surface area contributed by atoms with Gasteiger partial charge in [0.25, 0.3) is 0 Å². The minimum atomic E-state index is 0.189. The van der Waals surface area contributed by atoms with Crippen LogP contribution in [0.1, 0.15) is 26.5 Å². The van der Waals surface area contributed by atoms with Crippen LogP contribution in [0.25, 0.3) is 0 Å². The lowest BCUT2D eigenvalue weighted by atomic mass is 9.99. The van der Waals surface area contributed by atoms with Gasteiger partial charge >= 0.3 is 0 Å². The summed E-state index contributed by atoms with van der Waals surface area (Å²) in [5.41, 5.74) is 1.24. The van der Waals surface area contributed by atoms with Crippen LogP contribution >= 0.6 is 0 Å². The molecule has 0 aliphatic carbocycles. The smallest absolute Gasteiger partial charge is 0.0967 e. The molecule has 0 amide bonds. The predicted octanol–water partition coefficient (Wildman–Crippen LogP) is 0.387. The first-order valence-corrected chi connectivity index (χ1v) is 5.80. The molecule has 1 fully saturated rings. The van der Waals surface area contributed by atoms with Gasteiger partial charge in [0.2, 0.25) is 0 Å². The summed E-state index contributed by atoms with van der Waals surface area (Å²) in [5, 5.41) is 11.7. The van der Waals surface area contributed by atoms with Gasteiger partial charge in [-0.05, 0) is 20.8 Å². The van der Waals surface area contributed by atoms with E-state index < -0.39 is 0 Å². The maximum atomic E-state index is 4.14. The molecule has 1 aliphatic heterocycles. The maximum absolute atomic E-state index is 4.14. The van der Waals surface area contributed by atoms with Crippen LogP contribution in [-0.4, -0.2) is 44.6 Å². The lowest BCUT2D eigenvalue weighted by Gasteiger charge is -2.43. The third-order valence-electron chi connectivity index (χ3n) is 3.11. The van der Waals surface area contributed by atoms with Crippen LogP contribution in [0.3, 0.4) is 0 Å². The Balaban J connectivity index is 2.02. The van der Waals surface area contributed by atoms with E-state index in [1.54, 1.807) is 4.68 Å². The molecule has 16 heavy (non-hydrogen) atoms. The molecular weight excluding hydrogens is 202 g/mol. The number of nitrogens with one attached hydrogen (secondary N) is 1. The minimum absolute atomic E-state index is 0.189. The van der Waals surface area contributed by atoms with Gasteiger partial charge in [0.1, 0.15) is 0 Å². The van der Waals surface area contributed by atoms with E-state index in [0.717, 1.165) is 25.3 Å². The van der Waals surface area contributed by atoms with Crippen molar-refractivity contribution in [3.8, 4) is 0 Å². The van der Waals surface area contributed by atoms with E-state index in [4.69, 9.17) is 0 Å². The maximum Gasteiger partial charge on any atom is 0.0967 e. The fraction of sp³-hybridized carbons (Fsp3) is 0.818. The molecule has 2 heterocycles. The van der Waals surface area contributed by atoms with Crippen molar-refractivity contribution in [2.24, 2.45) is 7.05 Å². The van der Waals surface area contributed by atoms with Crippen LogP contribution in [0.5, 0.6) is 0 Å². The molecule has 1 aromatic heterocycles. The average molecular weight is 223 g/mol.